The molecule has 0 aromatic heterocycles. The molecule has 0 fully saturated rings. The van der Waals surface area contributed by atoms with Crippen LogP contribution in [0.15, 0.2) is 40.5 Å². The normalized spacial score (nSPS) is 22.8. The van der Waals surface area contributed by atoms with E-state index in [0.717, 1.165) is 22.6 Å². The average Bonchev–Trinajstić information content (AvgIpc) is 2.36. The molecule has 19 heavy (non-hydrogen) atoms. The Bertz CT molecular complexity index is 533. The van der Waals surface area contributed by atoms with Gasteiger partial charge >= 0.3 is 0 Å². The third-order valence-corrected chi connectivity index (χ3v) is 3.30. The van der Waals surface area contributed by atoms with Crippen molar-refractivity contribution in [3.05, 3.63) is 41.1 Å². The Morgan fingerprint density at radius 1 is 1.26 bits per heavy atom. The number of methoxy groups -OCH3 is 1. The summed E-state index contributed by atoms with van der Waals surface area (Å²) in [4.78, 5) is 4.36. The smallest absolute Gasteiger partial charge is 0.188 e. The number of allylic oxidation sites excluding steroid dienone is 1. The van der Waals surface area contributed by atoms with Gasteiger partial charge in [-0.15, -0.1) is 0 Å². The fourth-order valence-corrected chi connectivity index (χ4v) is 2.08. The minimum absolute atomic E-state index is 0.493. The van der Waals surface area contributed by atoms with Crippen LogP contribution in [0.25, 0.3) is 0 Å². The lowest BCUT2D eigenvalue weighted by molar-refractivity contribution is 0.374. The third-order valence-electron chi connectivity index (χ3n) is 3.30. The van der Waals surface area contributed by atoms with Crippen LogP contribution in [0, 0.1) is 0 Å². The van der Waals surface area contributed by atoms with Crippen LogP contribution in [-0.4, -0.2) is 18.7 Å². The molecule has 5 N–H and O–H groups in total. The van der Waals surface area contributed by atoms with Gasteiger partial charge in [-0.2, -0.15) is 0 Å². The molecule has 1 aliphatic rings. The lowest BCUT2D eigenvalue weighted by atomic mass is 10.0. The molecule has 1 heterocycles. The number of hydrogen-bond acceptors (Lipinski definition) is 5. The van der Waals surface area contributed by atoms with Crippen molar-refractivity contribution in [2.24, 2.45) is 16.5 Å². The number of nitrogens with two attached hydrogens (primary N) is 2. The van der Waals surface area contributed by atoms with Crippen molar-refractivity contribution in [1.82, 2.24) is 5.32 Å². The number of benzene rings is 1. The summed E-state index contributed by atoms with van der Waals surface area (Å²) in [6.07, 6.45) is 0.558. The van der Waals surface area contributed by atoms with Gasteiger partial charge in [0.05, 0.1) is 7.11 Å². The summed E-state index contributed by atoms with van der Waals surface area (Å²) in [6.45, 7) is 3.88. The minimum atomic E-state index is -0.887. The van der Waals surface area contributed by atoms with Crippen molar-refractivity contribution in [2.45, 2.75) is 26.1 Å². The molecule has 1 atom stereocenters. The highest BCUT2D eigenvalue weighted by atomic mass is 16.5. The summed E-state index contributed by atoms with van der Waals surface area (Å²) in [5, 5.41) is 3.21. The quantitative estimate of drug-likeness (QED) is 0.759. The number of aliphatic imine (C=N–C) groups is 1. The monoisotopic (exact) mass is 260 g/mol. The number of ether oxygens (including phenoxy) is 1. The maximum atomic E-state index is 6.26. The first-order chi connectivity index (χ1) is 8.93. The van der Waals surface area contributed by atoms with Crippen LogP contribution in [0.4, 0.5) is 0 Å². The van der Waals surface area contributed by atoms with Gasteiger partial charge in [-0.3, -0.25) is 5.73 Å². The van der Waals surface area contributed by atoms with Gasteiger partial charge in [-0.25, -0.2) is 4.99 Å². The summed E-state index contributed by atoms with van der Waals surface area (Å²) in [6, 6.07) is 7.76. The fraction of sp³-hybridized carbons (Fsp3) is 0.357. The summed E-state index contributed by atoms with van der Waals surface area (Å²) in [5.74, 6) is 0.427. The van der Waals surface area contributed by atoms with Gasteiger partial charge in [0.25, 0.3) is 0 Å². The van der Waals surface area contributed by atoms with Gasteiger partial charge in [0.2, 0.25) is 0 Å². The highest BCUT2D eigenvalue weighted by molar-refractivity contribution is 5.97. The van der Waals surface area contributed by atoms with E-state index in [1.165, 1.54) is 0 Å². The maximum Gasteiger partial charge on any atom is 0.188 e. The summed E-state index contributed by atoms with van der Waals surface area (Å²) >= 11 is 0. The Labute approximate surface area is 113 Å². The van der Waals surface area contributed by atoms with E-state index in [1.807, 2.05) is 38.1 Å². The molecule has 1 aromatic carbocycles. The number of amidine groups is 1. The largest absolute Gasteiger partial charge is 0.497 e. The first kappa shape index (κ1) is 13.4. The van der Waals surface area contributed by atoms with E-state index in [1.54, 1.807) is 7.11 Å². The topological polar surface area (TPSA) is 85.7 Å². The van der Waals surface area contributed by atoms with Crippen LogP contribution in [0.1, 0.15) is 19.4 Å². The van der Waals surface area contributed by atoms with Crippen LogP contribution in [0.2, 0.25) is 0 Å². The molecule has 0 spiro atoms. The van der Waals surface area contributed by atoms with Gasteiger partial charge in [0.1, 0.15) is 11.6 Å². The summed E-state index contributed by atoms with van der Waals surface area (Å²) in [7, 11) is 1.64. The Balaban J connectivity index is 2.18. The molecule has 0 saturated heterocycles. The van der Waals surface area contributed by atoms with Gasteiger partial charge in [-0.1, -0.05) is 12.1 Å². The van der Waals surface area contributed by atoms with E-state index in [-0.39, 0.29) is 0 Å². The molecule has 0 amide bonds. The average molecular weight is 260 g/mol. The summed E-state index contributed by atoms with van der Waals surface area (Å²) in [5.41, 5.74) is 15.1. The molecule has 102 valence electrons. The molecule has 5 nitrogen and oxygen atoms in total. The van der Waals surface area contributed by atoms with Crippen molar-refractivity contribution in [3.63, 3.8) is 0 Å². The molecule has 0 saturated carbocycles. The van der Waals surface area contributed by atoms with Crippen LogP contribution >= 0.6 is 0 Å². The second-order valence-electron chi connectivity index (χ2n) is 4.82. The lowest BCUT2D eigenvalue weighted by Gasteiger charge is -2.33. The van der Waals surface area contributed by atoms with Gasteiger partial charge in [0.15, 0.2) is 5.79 Å². The summed E-state index contributed by atoms with van der Waals surface area (Å²) < 4.78 is 5.13. The highest BCUT2D eigenvalue weighted by Crippen LogP contribution is 2.20. The Morgan fingerprint density at radius 2 is 1.89 bits per heavy atom. The standard InChI is InChI=1S/C14H20N4O/c1-9-10(2)17-14(16,18-13(9)15)8-11-4-6-12(19-3)7-5-11/h4-7,17H,8,16H2,1-3H3,(H2,15,18). The molecule has 0 aliphatic carbocycles. The Hall–Kier alpha value is -2.01. The molecule has 0 bridgehead atoms. The van der Waals surface area contributed by atoms with Gasteiger partial charge < -0.3 is 15.8 Å². The highest BCUT2D eigenvalue weighted by Gasteiger charge is 2.29. The molecule has 1 unspecified atom stereocenters. The van der Waals surface area contributed by atoms with E-state index < -0.39 is 5.79 Å². The van der Waals surface area contributed by atoms with Crippen LogP contribution in [0.3, 0.4) is 0 Å². The van der Waals surface area contributed by atoms with E-state index >= 15 is 0 Å². The van der Waals surface area contributed by atoms with Crippen molar-refractivity contribution >= 4 is 5.84 Å². The van der Waals surface area contributed by atoms with E-state index in [0.29, 0.717) is 12.3 Å². The second-order valence-corrected chi connectivity index (χ2v) is 4.82. The fourth-order valence-electron chi connectivity index (χ4n) is 2.08. The number of hydrogen-bond donors (Lipinski definition) is 3. The number of nitrogens with zero attached hydrogens (tertiary/aromatic N) is 1. The molecule has 5 heteroatoms. The van der Waals surface area contributed by atoms with Crippen LogP contribution in [-0.2, 0) is 6.42 Å². The lowest BCUT2D eigenvalue weighted by Crippen LogP contribution is -2.56. The van der Waals surface area contributed by atoms with Crippen molar-refractivity contribution in [1.29, 1.82) is 0 Å². The predicted molar refractivity (Wildman–Crippen MR) is 76.7 cm³/mol. The minimum Gasteiger partial charge on any atom is -0.497 e. The zero-order valence-corrected chi connectivity index (χ0v) is 11.5. The van der Waals surface area contributed by atoms with Gasteiger partial charge in [-0.05, 0) is 31.5 Å². The van der Waals surface area contributed by atoms with E-state index in [9.17, 15) is 0 Å². The molecule has 1 aromatic rings. The molecule has 2 rings (SSSR count). The third kappa shape index (κ3) is 2.88. The number of rotatable bonds is 3. The van der Waals surface area contributed by atoms with Gasteiger partial charge in [0, 0.05) is 17.7 Å². The Kier molecular flexibility index (Phi) is 3.48. The second kappa shape index (κ2) is 4.93. The molecular weight excluding hydrogens is 240 g/mol. The maximum absolute atomic E-state index is 6.26. The first-order valence-electron chi connectivity index (χ1n) is 6.17. The van der Waals surface area contributed by atoms with Crippen molar-refractivity contribution in [3.8, 4) is 5.75 Å². The van der Waals surface area contributed by atoms with E-state index in [2.05, 4.69) is 10.3 Å². The zero-order valence-electron chi connectivity index (χ0n) is 11.5. The van der Waals surface area contributed by atoms with Crippen LogP contribution in [0.5, 0.6) is 5.75 Å². The molecule has 1 aliphatic heterocycles. The van der Waals surface area contributed by atoms with E-state index in [4.69, 9.17) is 16.2 Å². The Morgan fingerprint density at radius 3 is 2.42 bits per heavy atom. The predicted octanol–water partition coefficient (Wildman–Crippen LogP) is 1.10. The van der Waals surface area contributed by atoms with Crippen LogP contribution < -0.4 is 21.5 Å². The zero-order chi connectivity index (χ0) is 14.0. The SMILES string of the molecule is COc1ccc(CC2(N)N=C(N)C(C)=C(C)N2)cc1. The molecule has 0 radical (unpaired) electrons. The molecular formula is C14H20N4O. The first-order valence-corrected chi connectivity index (χ1v) is 6.17. The van der Waals surface area contributed by atoms with Crippen molar-refractivity contribution < 1.29 is 4.74 Å². The number of nitrogens with one attached hydrogen (secondary N) is 1. The van der Waals surface area contributed by atoms with Crippen molar-refractivity contribution in [2.75, 3.05) is 7.11 Å².